The Morgan fingerprint density at radius 2 is 2.23 bits per heavy atom. The van der Waals surface area contributed by atoms with Crippen LogP contribution in [-0.2, 0) is 17.8 Å². The Hall–Kier alpha value is -1.59. The molecule has 22 heavy (non-hydrogen) atoms. The zero-order valence-electron chi connectivity index (χ0n) is 13.1. The first kappa shape index (κ1) is 15.3. The van der Waals surface area contributed by atoms with E-state index < -0.39 is 6.04 Å². The van der Waals surface area contributed by atoms with Gasteiger partial charge in [0.25, 0.3) is 0 Å². The third kappa shape index (κ3) is 2.71. The molecule has 0 spiro atoms. The largest absolute Gasteiger partial charge is 0.336 e. The van der Waals surface area contributed by atoms with Gasteiger partial charge in [0.05, 0.1) is 22.8 Å². The number of H-pyrrole nitrogens is 1. The third-order valence-electron chi connectivity index (χ3n) is 3.97. The normalized spacial score (nSPS) is 19.4. The molecule has 1 amide bonds. The van der Waals surface area contributed by atoms with E-state index in [-0.39, 0.29) is 11.3 Å². The number of carbonyl (C=O) groups excluding carboxylic acids is 1. The maximum atomic E-state index is 12.6. The van der Waals surface area contributed by atoms with Crippen LogP contribution < -0.4 is 5.73 Å². The number of aromatic amines is 1. The molecular formula is C16H21ClN4O. The van der Waals surface area contributed by atoms with Crippen LogP contribution in [0.5, 0.6) is 0 Å². The highest BCUT2D eigenvalue weighted by molar-refractivity contribution is 6.35. The zero-order chi connectivity index (χ0) is 16.1. The lowest BCUT2D eigenvalue weighted by Crippen LogP contribution is -2.45. The second-order valence-electron chi connectivity index (χ2n) is 7.22. The highest BCUT2D eigenvalue weighted by atomic mass is 35.5. The van der Waals surface area contributed by atoms with Gasteiger partial charge in [-0.3, -0.25) is 9.89 Å². The summed E-state index contributed by atoms with van der Waals surface area (Å²) in [4.78, 5) is 14.5. The lowest BCUT2D eigenvalue weighted by Gasteiger charge is -2.30. The number of carbonyl (C=O) groups is 1. The maximum absolute atomic E-state index is 12.6. The standard InChI is InChI=1S/C16H21ClN4O/c1-16(2,3)8-21-7-11-9(5-13(18)15(21)22)4-12(17)14-10(11)6-19-20-14/h4,6,13H,5,7-8,18H2,1-3H3,(H,19,20)/t13-/m1/s1. The average Bonchev–Trinajstić information content (AvgIpc) is 2.85. The van der Waals surface area contributed by atoms with Gasteiger partial charge in [-0.15, -0.1) is 0 Å². The second-order valence-corrected chi connectivity index (χ2v) is 7.63. The van der Waals surface area contributed by atoms with Crippen LogP contribution in [0, 0.1) is 5.41 Å². The number of nitrogens with two attached hydrogens (primary N) is 1. The lowest BCUT2D eigenvalue weighted by atomic mass is 9.95. The van der Waals surface area contributed by atoms with Gasteiger partial charge in [-0.25, -0.2) is 0 Å². The fourth-order valence-corrected chi connectivity index (χ4v) is 3.36. The summed E-state index contributed by atoms with van der Waals surface area (Å²) in [6, 6.07) is 1.38. The molecule has 2 heterocycles. The minimum absolute atomic E-state index is 0.00103. The van der Waals surface area contributed by atoms with E-state index in [4.69, 9.17) is 17.3 Å². The van der Waals surface area contributed by atoms with Gasteiger partial charge in [-0.05, 0) is 29.0 Å². The van der Waals surface area contributed by atoms with Gasteiger partial charge in [0, 0.05) is 18.5 Å². The third-order valence-corrected chi connectivity index (χ3v) is 4.27. The first-order valence-electron chi connectivity index (χ1n) is 7.44. The number of benzene rings is 1. The molecule has 0 saturated heterocycles. The first-order valence-corrected chi connectivity index (χ1v) is 7.82. The number of rotatable bonds is 1. The second kappa shape index (κ2) is 5.25. The average molecular weight is 321 g/mol. The molecule has 1 atom stereocenters. The minimum Gasteiger partial charge on any atom is -0.336 e. The van der Waals surface area contributed by atoms with E-state index in [1.807, 2.05) is 11.0 Å². The van der Waals surface area contributed by atoms with Crippen LogP contribution in [0.25, 0.3) is 10.9 Å². The summed E-state index contributed by atoms with van der Waals surface area (Å²) in [5.41, 5.74) is 9.08. The van der Waals surface area contributed by atoms with E-state index in [1.54, 1.807) is 6.20 Å². The molecule has 5 nitrogen and oxygen atoms in total. The first-order chi connectivity index (χ1) is 10.3. The van der Waals surface area contributed by atoms with Crippen molar-refractivity contribution in [3.8, 4) is 0 Å². The SMILES string of the molecule is CC(C)(C)CN1Cc2c(cc(Cl)c3[nH]ncc23)C[C@@H](N)C1=O. The molecule has 1 aliphatic rings. The molecule has 0 aliphatic carbocycles. The lowest BCUT2D eigenvalue weighted by molar-refractivity contribution is -0.134. The predicted octanol–water partition coefficient (Wildman–Crippen LogP) is 2.47. The van der Waals surface area contributed by atoms with Crippen LogP contribution in [-0.4, -0.2) is 33.6 Å². The van der Waals surface area contributed by atoms with Crippen LogP contribution >= 0.6 is 11.6 Å². The van der Waals surface area contributed by atoms with Gasteiger partial charge in [-0.2, -0.15) is 5.10 Å². The van der Waals surface area contributed by atoms with Gasteiger partial charge in [0.1, 0.15) is 0 Å². The summed E-state index contributed by atoms with van der Waals surface area (Å²) in [6.07, 6.45) is 2.28. The molecule has 3 rings (SSSR count). The molecule has 0 saturated carbocycles. The van der Waals surface area contributed by atoms with Gasteiger partial charge in [0.15, 0.2) is 0 Å². The molecular weight excluding hydrogens is 300 g/mol. The van der Waals surface area contributed by atoms with E-state index >= 15 is 0 Å². The molecule has 2 aromatic rings. The van der Waals surface area contributed by atoms with Crippen LogP contribution in [0.2, 0.25) is 5.02 Å². The Morgan fingerprint density at radius 3 is 2.91 bits per heavy atom. The van der Waals surface area contributed by atoms with E-state index in [1.165, 1.54) is 0 Å². The molecule has 3 N–H and O–H groups in total. The number of halogens is 1. The fourth-order valence-electron chi connectivity index (χ4n) is 3.09. The Balaban J connectivity index is 2.11. The highest BCUT2D eigenvalue weighted by Gasteiger charge is 2.31. The molecule has 0 radical (unpaired) electrons. The topological polar surface area (TPSA) is 75.0 Å². The zero-order valence-corrected chi connectivity index (χ0v) is 13.9. The van der Waals surface area contributed by atoms with Gasteiger partial charge in [0.2, 0.25) is 5.91 Å². The Bertz CT molecular complexity index is 732. The number of hydrogen-bond acceptors (Lipinski definition) is 3. The van der Waals surface area contributed by atoms with E-state index in [2.05, 4.69) is 31.0 Å². The summed E-state index contributed by atoms with van der Waals surface area (Å²) in [7, 11) is 0. The number of nitrogens with zero attached hydrogens (tertiary/aromatic N) is 2. The van der Waals surface area contributed by atoms with Crippen molar-refractivity contribution in [2.45, 2.75) is 39.8 Å². The van der Waals surface area contributed by atoms with Gasteiger partial charge >= 0.3 is 0 Å². The van der Waals surface area contributed by atoms with Crippen molar-refractivity contribution >= 4 is 28.4 Å². The molecule has 0 unspecified atom stereocenters. The van der Waals surface area contributed by atoms with Crippen molar-refractivity contribution in [3.63, 3.8) is 0 Å². The van der Waals surface area contributed by atoms with Crippen molar-refractivity contribution < 1.29 is 4.79 Å². The van der Waals surface area contributed by atoms with Crippen molar-refractivity contribution in [3.05, 3.63) is 28.4 Å². The van der Waals surface area contributed by atoms with Crippen LogP contribution in [0.15, 0.2) is 12.3 Å². The Morgan fingerprint density at radius 1 is 1.50 bits per heavy atom. The summed E-state index contributed by atoms with van der Waals surface area (Å²) in [5, 5.41) is 8.62. The molecule has 1 aliphatic heterocycles. The Labute approximate surface area is 134 Å². The van der Waals surface area contributed by atoms with Crippen molar-refractivity contribution in [1.82, 2.24) is 15.1 Å². The molecule has 0 fully saturated rings. The number of nitrogens with one attached hydrogen (secondary N) is 1. The predicted molar refractivity (Wildman–Crippen MR) is 87.7 cm³/mol. The van der Waals surface area contributed by atoms with Crippen molar-refractivity contribution in [2.24, 2.45) is 11.1 Å². The molecule has 0 bridgehead atoms. The smallest absolute Gasteiger partial charge is 0.240 e. The fraction of sp³-hybridized carbons (Fsp3) is 0.500. The number of aromatic nitrogens is 2. The van der Waals surface area contributed by atoms with Crippen LogP contribution in [0.3, 0.4) is 0 Å². The summed E-state index contributed by atoms with van der Waals surface area (Å²) in [5.74, 6) is -0.00103. The highest BCUT2D eigenvalue weighted by Crippen LogP contribution is 2.32. The monoisotopic (exact) mass is 320 g/mol. The number of hydrogen-bond donors (Lipinski definition) is 2. The van der Waals surface area contributed by atoms with Crippen LogP contribution in [0.1, 0.15) is 31.9 Å². The van der Waals surface area contributed by atoms with E-state index in [0.717, 1.165) is 22.0 Å². The van der Waals surface area contributed by atoms with Gasteiger partial charge < -0.3 is 10.6 Å². The number of amides is 1. The summed E-state index contributed by atoms with van der Waals surface area (Å²) in [6.45, 7) is 7.57. The van der Waals surface area contributed by atoms with Crippen molar-refractivity contribution in [2.75, 3.05) is 6.54 Å². The molecule has 1 aromatic carbocycles. The Kier molecular flexibility index (Phi) is 3.65. The molecule has 6 heteroatoms. The van der Waals surface area contributed by atoms with Crippen molar-refractivity contribution in [1.29, 1.82) is 0 Å². The summed E-state index contributed by atoms with van der Waals surface area (Å²) >= 11 is 6.31. The minimum atomic E-state index is -0.524. The van der Waals surface area contributed by atoms with Crippen LogP contribution in [0.4, 0.5) is 0 Å². The van der Waals surface area contributed by atoms with E-state index in [9.17, 15) is 4.79 Å². The molecule has 118 valence electrons. The van der Waals surface area contributed by atoms with E-state index in [0.29, 0.717) is 24.5 Å². The molecule has 1 aromatic heterocycles. The summed E-state index contributed by atoms with van der Waals surface area (Å²) < 4.78 is 0. The number of fused-ring (bicyclic) bond motifs is 3. The quantitative estimate of drug-likeness (QED) is 0.847. The maximum Gasteiger partial charge on any atom is 0.240 e. The van der Waals surface area contributed by atoms with Gasteiger partial charge in [-0.1, -0.05) is 32.4 Å².